The summed E-state index contributed by atoms with van der Waals surface area (Å²) in [5, 5.41) is 13.7. The first-order chi connectivity index (χ1) is 22.1. The molecule has 3 amide bonds. The molecule has 13 nitrogen and oxygen atoms in total. The number of benzene rings is 1. The first-order valence-electron chi connectivity index (χ1n) is 16.3. The normalized spacial score (nSPS) is 24.9. The molecule has 1 N–H and O–H groups in total. The third-order valence-electron chi connectivity index (χ3n) is 10.3. The molecule has 46 heavy (non-hydrogen) atoms. The maximum Gasteiger partial charge on any atom is 0.410 e. The van der Waals surface area contributed by atoms with Gasteiger partial charge in [-0.2, -0.15) is 0 Å². The molecule has 1 aromatic carbocycles. The summed E-state index contributed by atoms with van der Waals surface area (Å²) in [4.78, 5) is 53.2. The summed E-state index contributed by atoms with van der Waals surface area (Å²) in [5.74, 6) is -0.221. The highest BCUT2D eigenvalue weighted by Crippen LogP contribution is 2.44. The summed E-state index contributed by atoms with van der Waals surface area (Å²) in [7, 11) is 0. The van der Waals surface area contributed by atoms with Crippen LogP contribution in [-0.4, -0.2) is 97.1 Å². The van der Waals surface area contributed by atoms with Crippen molar-refractivity contribution in [2.75, 3.05) is 46.0 Å². The van der Waals surface area contributed by atoms with E-state index < -0.39 is 23.2 Å². The molecule has 0 radical (unpaired) electrons. The number of hydrogen-bond donors (Lipinski definition) is 1. The van der Waals surface area contributed by atoms with Crippen LogP contribution in [0.4, 0.5) is 15.3 Å². The van der Waals surface area contributed by atoms with E-state index in [1.807, 2.05) is 0 Å². The summed E-state index contributed by atoms with van der Waals surface area (Å²) >= 11 is 0. The van der Waals surface area contributed by atoms with E-state index in [1.165, 1.54) is 24.3 Å². The van der Waals surface area contributed by atoms with Crippen molar-refractivity contribution in [3.8, 4) is 0 Å². The van der Waals surface area contributed by atoms with E-state index in [1.54, 1.807) is 22.8 Å². The standard InChI is InChI=1S/C33H46N4O9/c1-3-20-43-31(40)36-18-14-32(15-19-36)12-16-35(17-13-32)29(38)28(24(2)45-22-33-10-8-27(9-11-33)46-23-33)34-30(39)44-21-25-4-6-26(7-5-25)37(41)42/h3-7,24,27-28H,1,8-23H2,2H3,(H,34,39)/t24-,27?,28+,33?/m1/s1. The molecule has 0 unspecified atom stereocenters. The topological polar surface area (TPSA) is 150 Å². The van der Waals surface area contributed by atoms with Crippen LogP contribution in [0.3, 0.4) is 0 Å². The molecule has 6 rings (SSSR count). The number of non-ortho nitro benzene ring substituents is 1. The quantitative estimate of drug-likeness (QED) is 0.208. The number of hydrogen-bond acceptors (Lipinski definition) is 9. The zero-order chi connectivity index (χ0) is 32.7. The minimum Gasteiger partial charge on any atom is -0.445 e. The van der Waals surface area contributed by atoms with Crippen LogP contribution in [0.15, 0.2) is 36.9 Å². The fourth-order valence-corrected chi connectivity index (χ4v) is 7.09. The molecular weight excluding hydrogens is 596 g/mol. The van der Waals surface area contributed by atoms with Crippen molar-refractivity contribution in [2.24, 2.45) is 10.8 Å². The van der Waals surface area contributed by atoms with Crippen molar-refractivity contribution >= 4 is 23.8 Å². The molecule has 2 bridgehead atoms. The molecule has 252 valence electrons. The number of piperidine rings is 2. The minimum absolute atomic E-state index is 0.0546. The highest BCUT2D eigenvalue weighted by atomic mass is 16.6. The summed E-state index contributed by atoms with van der Waals surface area (Å²) < 4.78 is 22.9. The van der Waals surface area contributed by atoms with Crippen molar-refractivity contribution in [3.05, 3.63) is 52.6 Å². The van der Waals surface area contributed by atoms with Crippen LogP contribution in [0.5, 0.6) is 0 Å². The zero-order valence-electron chi connectivity index (χ0n) is 26.7. The van der Waals surface area contributed by atoms with Gasteiger partial charge >= 0.3 is 12.2 Å². The minimum atomic E-state index is -0.961. The number of nitro groups is 1. The average molecular weight is 643 g/mol. The van der Waals surface area contributed by atoms with Gasteiger partial charge in [-0.15, -0.1) is 0 Å². The largest absolute Gasteiger partial charge is 0.445 e. The summed E-state index contributed by atoms with van der Waals surface area (Å²) in [6.45, 7) is 8.88. The lowest BCUT2D eigenvalue weighted by Crippen LogP contribution is -2.58. The molecule has 4 saturated heterocycles. The molecule has 5 aliphatic rings. The van der Waals surface area contributed by atoms with Crippen molar-refractivity contribution in [2.45, 2.75) is 83.1 Å². The van der Waals surface area contributed by atoms with Crippen molar-refractivity contribution < 1.29 is 38.3 Å². The van der Waals surface area contributed by atoms with Gasteiger partial charge < -0.3 is 34.1 Å². The highest BCUT2D eigenvalue weighted by Gasteiger charge is 2.44. The number of rotatable bonds is 11. The summed E-state index contributed by atoms with van der Waals surface area (Å²) in [6.07, 6.45) is 7.55. The van der Waals surface area contributed by atoms with Crippen LogP contribution < -0.4 is 5.32 Å². The Balaban J connectivity index is 1.18. The van der Waals surface area contributed by atoms with E-state index in [0.29, 0.717) is 51.1 Å². The number of nitrogens with zero attached hydrogens (tertiary/aromatic N) is 3. The Hall–Kier alpha value is -3.71. The third-order valence-corrected chi connectivity index (χ3v) is 10.3. The van der Waals surface area contributed by atoms with Gasteiger partial charge in [-0.25, -0.2) is 9.59 Å². The van der Waals surface area contributed by atoms with Gasteiger partial charge in [0.05, 0.1) is 30.3 Å². The van der Waals surface area contributed by atoms with Gasteiger partial charge in [0.15, 0.2) is 0 Å². The van der Waals surface area contributed by atoms with Gasteiger partial charge in [0.1, 0.15) is 19.3 Å². The van der Waals surface area contributed by atoms with Crippen LogP contribution in [0.2, 0.25) is 0 Å². The van der Waals surface area contributed by atoms with E-state index >= 15 is 0 Å². The van der Waals surface area contributed by atoms with E-state index in [-0.39, 0.29) is 41.7 Å². The number of nitro benzene ring substituents is 1. The second-order valence-electron chi connectivity index (χ2n) is 13.3. The van der Waals surface area contributed by atoms with Crippen molar-refractivity contribution in [1.82, 2.24) is 15.1 Å². The third kappa shape index (κ3) is 8.16. The first kappa shape index (κ1) is 33.6. The second-order valence-corrected chi connectivity index (χ2v) is 13.3. The number of nitrogens with one attached hydrogen (secondary N) is 1. The monoisotopic (exact) mass is 642 g/mol. The van der Waals surface area contributed by atoms with Gasteiger partial charge in [0, 0.05) is 43.7 Å². The number of likely N-dealkylation sites (tertiary alicyclic amines) is 2. The van der Waals surface area contributed by atoms with E-state index in [4.69, 9.17) is 18.9 Å². The van der Waals surface area contributed by atoms with Crippen molar-refractivity contribution in [3.63, 3.8) is 0 Å². The molecule has 13 heteroatoms. The number of carbonyl (C=O) groups excluding carboxylic acids is 3. The van der Waals surface area contributed by atoms with Crippen LogP contribution >= 0.6 is 0 Å². The van der Waals surface area contributed by atoms with Crippen LogP contribution in [0.1, 0.15) is 63.9 Å². The van der Waals surface area contributed by atoms with Crippen LogP contribution in [0, 0.1) is 20.9 Å². The number of ether oxygens (including phenoxy) is 4. The summed E-state index contributed by atoms with van der Waals surface area (Å²) in [5.41, 5.74) is 0.513. The molecule has 1 aromatic rings. The van der Waals surface area contributed by atoms with Gasteiger partial charge in [0.2, 0.25) is 5.91 Å². The predicted octanol–water partition coefficient (Wildman–Crippen LogP) is 4.58. The molecule has 1 spiro atoms. The number of alkyl carbamates (subject to hydrolysis) is 1. The highest BCUT2D eigenvalue weighted by molar-refractivity contribution is 5.86. The fraction of sp³-hybridized carbons (Fsp3) is 0.667. The van der Waals surface area contributed by atoms with Crippen LogP contribution in [0.25, 0.3) is 0 Å². The number of carbonyl (C=O) groups is 3. The average Bonchev–Trinajstić information content (AvgIpc) is 3.09. The lowest BCUT2D eigenvalue weighted by molar-refractivity contribution is -0.384. The predicted molar refractivity (Wildman–Crippen MR) is 167 cm³/mol. The van der Waals surface area contributed by atoms with Crippen LogP contribution in [-0.2, 0) is 30.3 Å². The Morgan fingerprint density at radius 3 is 2.24 bits per heavy atom. The molecule has 1 aliphatic carbocycles. The van der Waals surface area contributed by atoms with Gasteiger partial charge in [-0.1, -0.05) is 12.7 Å². The lowest BCUT2D eigenvalue weighted by Gasteiger charge is -2.47. The lowest BCUT2D eigenvalue weighted by atomic mass is 9.71. The Morgan fingerprint density at radius 1 is 1.04 bits per heavy atom. The summed E-state index contributed by atoms with van der Waals surface area (Å²) in [6, 6.07) is 4.79. The number of fused-ring (bicyclic) bond motifs is 3. The smallest absolute Gasteiger partial charge is 0.410 e. The molecule has 2 atom stereocenters. The molecule has 0 aromatic heterocycles. The zero-order valence-corrected chi connectivity index (χ0v) is 26.7. The molecule has 4 heterocycles. The Kier molecular flexibility index (Phi) is 10.8. The Morgan fingerprint density at radius 2 is 1.67 bits per heavy atom. The molecule has 5 fully saturated rings. The maximum absolute atomic E-state index is 14.0. The van der Waals surface area contributed by atoms with E-state index in [0.717, 1.165) is 51.4 Å². The SMILES string of the molecule is C=CCOC(=O)N1CCC2(CC1)CCN(C(=O)[C@@H](NC(=O)OCc1ccc([N+](=O)[O-])cc1)[C@@H](C)OCC13CCC(CC1)OC3)CC2. The second kappa shape index (κ2) is 14.8. The van der Waals surface area contributed by atoms with Crippen molar-refractivity contribution in [1.29, 1.82) is 0 Å². The number of amides is 3. The molecular formula is C33H46N4O9. The van der Waals surface area contributed by atoms with E-state index in [9.17, 15) is 24.5 Å². The fourth-order valence-electron chi connectivity index (χ4n) is 7.09. The molecule has 1 saturated carbocycles. The van der Waals surface area contributed by atoms with Gasteiger partial charge in [0.25, 0.3) is 5.69 Å². The first-order valence-corrected chi connectivity index (χ1v) is 16.3. The van der Waals surface area contributed by atoms with Gasteiger partial charge in [-0.3, -0.25) is 14.9 Å². The molecule has 4 aliphatic heterocycles. The van der Waals surface area contributed by atoms with Gasteiger partial charge in [-0.05, 0) is 81.4 Å². The Labute approximate surface area is 269 Å². The van der Waals surface area contributed by atoms with E-state index in [2.05, 4.69) is 11.9 Å². The Bertz CT molecular complexity index is 1230. The maximum atomic E-state index is 14.0.